The van der Waals surface area contributed by atoms with E-state index in [4.69, 9.17) is 27.9 Å². The fourth-order valence-electron chi connectivity index (χ4n) is 4.07. The third-order valence-corrected chi connectivity index (χ3v) is 8.10. The maximum Gasteiger partial charge on any atom is 0.328 e. The van der Waals surface area contributed by atoms with Crippen molar-refractivity contribution in [3.8, 4) is 5.75 Å². The van der Waals surface area contributed by atoms with Gasteiger partial charge in [0.25, 0.3) is 5.91 Å². The number of nitrogens with zero attached hydrogens (tertiary/aromatic N) is 1. The molecule has 1 heterocycles. The Bertz CT molecular complexity index is 1260. The monoisotopic (exact) mass is 593 g/mol. The summed E-state index contributed by atoms with van der Waals surface area (Å²) >= 11 is 14.0. The first kappa shape index (κ1) is 30.3. The Morgan fingerprint density at radius 3 is 2.46 bits per heavy atom. The summed E-state index contributed by atoms with van der Waals surface area (Å²) in [5.74, 6) is -2.56. The quantitative estimate of drug-likeness (QED) is 0.281. The molecule has 2 aromatic rings. The van der Waals surface area contributed by atoms with Crippen LogP contribution in [0.1, 0.15) is 28.8 Å². The van der Waals surface area contributed by atoms with E-state index >= 15 is 0 Å². The first-order valence-corrected chi connectivity index (χ1v) is 14.1. The number of hydrogen-bond acceptors (Lipinski definition) is 6. The number of hydrogen-bond donors (Lipinski definition) is 3. The van der Waals surface area contributed by atoms with Gasteiger partial charge < -0.3 is 25.4 Å². The lowest BCUT2D eigenvalue weighted by atomic mass is 9.95. The maximum absolute atomic E-state index is 12.8. The van der Waals surface area contributed by atoms with Crippen LogP contribution in [-0.4, -0.2) is 72.7 Å². The Labute approximate surface area is 240 Å². The average molecular weight is 595 g/mol. The fourth-order valence-corrected chi connectivity index (χ4v) is 5.25. The Morgan fingerprint density at radius 1 is 1.13 bits per heavy atom. The summed E-state index contributed by atoms with van der Waals surface area (Å²) in [7, 11) is 1.43. The van der Waals surface area contributed by atoms with E-state index in [0.717, 1.165) is 4.90 Å². The number of aliphatic carboxylic acids is 1. The van der Waals surface area contributed by atoms with Gasteiger partial charge in [-0.1, -0.05) is 41.4 Å². The van der Waals surface area contributed by atoms with Gasteiger partial charge in [-0.2, -0.15) is 0 Å². The fraction of sp³-hybridized carbons (Fsp3) is 0.333. The molecule has 208 valence electrons. The van der Waals surface area contributed by atoms with Crippen LogP contribution < -0.4 is 15.4 Å². The highest BCUT2D eigenvalue weighted by Crippen LogP contribution is 2.35. The lowest BCUT2D eigenvalue weighted by molar-refractivity contribution is -0.142. The lowest BCUT2D eigenvalue weighted by Crippen LogP contribution is -2.51. The SMILES string of the molecule is COc1ccccc1C(=O)NC[C@H](NC(=O)C1CCN(C(=O)/C=C/c2ccc(SC)c(Cl)c2Cl)CC1)C(=O)O. The number of carboxylic acid groups (broad SMARTS) is 1. The standard InChI is InChI=1S/C27H29Cl2N3O6S/c1-38-20-6-4-3-5-18(20)26(35)30-15-19(27(36)37)31-25(34)17-11-13-32(14-12-17)22(33)10-8-16-7-9-21(39-2)24(29)23(16)28/h3-10,17,19H,11-15H2,1-2H3,(H,30,35)(H,31,34)(H,36,37)/b10-8+/t19-/m0/s1. The number of benzene rings is 2. The molecule has 12 heteroatoms. The van der Waals surface area contributed by atoms with Crippen LogP contribution in [-0.2, 0) is 14.4 Å². The molecular weight excluding hydrogens is 565 g/mol. The number of halogens is 2. The number of rotatable bonds is 10. The van der Waals surface area contributed by atoms with Crippen molar-refractivity contribution in [2.45, 2.75) is 23.8 Å². The van der Waals surface area contributed by atoms with Crippen LogP contribution in [0.2, 0.25) is 10.0 Å². The highest BCUT2D eigenvalue weighted by Gasteiger charge is 2.30. The van der Waals surface area contributed by atoms with Crippen LogP contribution in [0.15, 0.2) is 47.4 Å². The molecule has 1 aliphatic rings. The van der Waals surface area contributed by atoms with Crippen molar-refractivity contribution in [3.05, 3.63) is 63.6 Å². The zero-order chi connectivity index (χ0) is 28.5. The zero-order valence-corrected chi connectivity index (χ0v) is 23.7. The zero-order valence-electron chi connectivity index (χ0n) is 21.4. The van der Waals surface area contributed by atoms with Gasteiger partial charge in [-0.3, -0.25) is 14.4 Å². The topological polar surface area (TPSA) is 125 Å². The second kappa shape index (κ2) is 14.3. The summed E-state index contributed by atoms with van der Waals surface area (Å²) in [6.45, 7) is 0.372. The first-order chi connectivity index (χ1) is 18.7. The molecular formula is C27H29Cl2N3O6S. The van der Waals surface area contributed by atoms with E-state index in [1.54, 1.807) is 41.3 Å². The van der Waals surface area contributed by atoms with Gasteiger partial charge in [0.15, 0.2) is 0 Å². The van der Waals surface area contributed by atoms with Crippen LogP contribution in [0.25, 0.3) is 6.08 Å². The molecule has 0 radical (unpaired) electrons. The van der Waals surface area contributed by atoms with Crippen molar-refractivity contribution in [1.82, 2.24) is 15.5 Å². The molecule has 3 rings (SSSR count). The summed E-state index contributed by atoms with van der Waals surface area (Å²) in [6, 6.07) is 8.85. The first-order valence-electron chi connectivity index (χ1n) is 12.1. The molecule has 1 saturated heterocycles. The number of amides is 3. The highest BCUT2D eigenvalue weighted by molar-refractivity contribution is 7.98. The minimum absolute atomic E-state index is 0.225. The second-order valence-corrected chi connectivity index (χ2v) is 10.3. The largest absolute Gasteiger partial charge is 0.496 e. The van der Waals surface area contributed by atoms with Crippen LogP contribution in [0.5, 0.6) is 5.75 Å². The van der Waals surface area contributed by atoms with Crippen molar-refractivity contribution in [1.29, 1.82) is 0 Å². The Kier molecular flexibility index (Phi) is 11.1. The molecule has 39 heavy (non-hydrogen) atoms. The third kappa shape index (κ3) is 7.90. The number of methoxy groups -OCH3 is 1. The molecule has 0 saturated carbocycles. The average Bonchev–Trinajstić information content (AvgIpc) is 2.95. The van der Waals surface area contributed by atoms with Gasteiger partial charge in [-0.25, -0.2) is 4.79 Å². The number of carbonyl (C=O) groups is 4. The van der Waals surface area contributed by atoms with Gasteiger partial charge in [0, 0.05) is 36.5 Å². The minimum atomic E-state index is -1.31. The third-order valence-electron chi connectivity index (χ3n) is 6.31. The van der Waals surface area contributed by atoms with E-state index in [0.29, 0.717) is 47.3 Å². The van der Waals surface area contributed by atoms with Gasteiger partial charge in [-0.15, -0.1) is 11.8 Å². The molecule has 0 aromatic heterocycles. The molecule has 1 fully saturated rings. The lowest BCUT2D eigenvalue weighted by Gasteiger charge is -2.31. The van der Waals surface area contributed by atoms with E-state index in [2.05, 4.69) is 10.6 Å². The van der Waals surface area contributed by atoms with E-state index in [1.807, 2.05) is 12.3 Å². The van der Waals surface area contributed by atoms with E-state index in [9.17, 15) is 24.3 Å². The van der Waals surface area contributed by atoms with Crippen LogP contribution in [0.3, 0.4) is 0 Å². The van der Waals surface area contributed by atoms with Crippen LogP contribution in [0.4, 0.5) is 0 Å². The molecule has 2 aromatic carbocycles. The molecule has 1 atom stereocenters. The summed E-state index contributed by atoms with van der Waals surface area (Å²) < 4.78 is 5.16. The second-order valence-electron chi connectivity index (χ2n) is 8.73. The molecule has 3 N–H and O–H groups in total. The number of ether oxygens (including phenoxy) is 1. The van der Waals surface area contributed by atoms with Crippen molar-refractivity contribution >= 4 is 64.7 Å². The summed E-state index contributed by atoms with van der Waals surface area (Å²) in [5, 5.41) is 15.4. The predicted molar refractivity (Wildman–Crippen MR) is 151 cm³/mol. The number of carbonyl (C=O) groups excluding carboxylic acids is 3. The van der Waals surface area contributed by atoms with E-state index in [-0.39, 0.29) is 18.0 Å². The number of piperidine rings is 1. The van der Waals surface area contributed by atoms with E-state index in [1.165, 1.54) is 24.9 Å². The van der Waals surface area contributed by atoms with Crippen molar-refractivity contribution < 1.29 is 29.0 Å². The molecule has 9 nitrogen and oxygen atoms in total. The van der Waals surface area contributed by atoms with Crippen molar-refractivity contribution in [2.75, 3.05) is 33.0 Å². The van der Waals surface area contributed by atoms with Crippen LogP contribution >= 0.6 is 35.0 Å². The molecule has 3 amide bonds. The number of carboxylic acids is 1. The molecule has 0 aliphatic carbocycles. The summed E-state index contributed by atoms with van der Waals surface area (Å²) in [4.78, 5) is 52.1. The number of para-hydroxylation sites is 1. The van der Waals surface area contributed by atoms with Crippen LogP contribution in [0, 0.1) is 5.92 Å². The number of likely N-dealkylation sites (tertiary alicyclic amines) is 1. The molecule has 1 aliphatic heterocycles. The predicted octanol–water partition coefficient (Wildman–Crippen LogP) is 3.98. The maximum atomic E-state index is 12.8. The summed E-state index contributed by atoms with van der Waals surface area (Å²) in [6.07, 6.45) is 5.67. The van der Waals surface area contributed by atoms with Crippen molar-refractivity contribution in [3.63, 3.8) is 0 Å². The summed E-state index contributed by atoms with van der Waals surface area (Å²) in [5.41, 5.74) is 0.878. The van der Waals surface area contributed by atoms with Gasteiger partial charge >= 0.3 is 5.97 Å². The Hall–Kier alpha value is -3.21. The highest BCUT2D eigenvalue weighted by atomic mass is 35.5. The van der Waals surface area contributed by atoms with Crippen molar-refractivity contribution in [2.24, 2.45) is 5.92 Å². The minimum Gasteiger partial charge on any atom is -0.496 e. The van der Waals surface area contributed by atoms with Gasteiger partial charge in [-0.05, 0) is 48.9 Å². The van der Waals surface area contributed by atoms with Gasteiger partial charge in [0.1, 0.15) is 11.8 Å². The normalized spacial score (nSPS) is 14.6. The van der Waals surface area contributed by atoms with Gasteiger partial charge in [0.05, 0.1) is 22.7 Å². The number of nitrogens with one attached hydrogen (secondary N) is 2. The number of thioether (sulfide) groups is 1. The molecule has 0 spiro atoms. The molecule has 0 unspecified atom stereocenters. The smallest absolute Gasteiger partial charge is 0.328 e. The van der Waals surface area contributed by atoms with E-state index < -0.39 is 29.7 Å². The Balaban J connectivity index is 1.51. The van der Waals surface area contributed by atoms with Gasteiger partial charge in [0.2, 0.25) is 11.8 Å². The Morgan fingerprint density at radius 2 is 1.82 bits per heavy atom. The molecule has 0 bridgehead atoms.